The maximum absolute atomic E-state index is 13.3. The number of para-hydroxylation sites is 1. The summed E-state index contributed by atoms with van der Waals surface area (Å²) in [5, 5.41) is 0.200. The maximum Gasteiger partial charge on any atom is 0.332 e. The van der Waals surface area contributed by atoms with Crippen LogP contribution in [0.1, 0.15) is 16.1 Å². The van der Waals surface area contributed by atoms with Gasteiger partial charge in [0.25, 0.3) is 11.5 Å². The highest BCUT2D eigenvalue weighted by Gasteiger charge is 2.21. The zero-order valence-corrected chi connectivity index (χ0v) is 15.9. The highest BCUT2D eigenvalue weighted by molar-refractivity contribution is 6.07. The van der Waals surface area contributed by atoms with Crippen molar-refractivity contribution < 1.29 is 9.21 Å². The van der Waals surface area contributed by atoms with Crippen LogP contribution in [-0.4, -0.2) is 20.0 Å². The molecule has 0 bridgehead atoms. The van der Waals surface area contributed by atoms with Crippen LogP contribution in [0, 0.1) is 0 Å². The van der Waals surface area contributed by atoms with Gasteiger partial charge < -0.3 is 9.32 Å². The predicted molar refractivity (Wildman–Crippen MR) is 108 cm³/mol. The summed E-state index contributed by atoms with van der Waals surface area (Å²) < 4.78 is 7.68. The molecule has 0 spiro atoms. The van der Waals surface area contributed by atoms with Gasteiger partial charge in [-0.2, -0.15) is 0 Å². The summed E-state index contributed by atoms with van der Waals surface area (Å²) >= 11 is 0. The summed E-state index contributed by atoms with van der Waals surface area (Å²) in [6, 6.07) is 14.2. The van der Waals surface area contributed by atoms with E-state index in [1.807, 2.05) is 30.3 Å². The lowest BCUT2D eigenvalue weighted by Crippen LogP contribution is -2.37. The minimum Gasteiger partial charge on any atom is -0.467 e. The second-order valence-corrected chi connectivity index (χ2v) is 6.61. The van der Waals surface area contributed by atoms with E-state index in [1.165, 1.54) is 30.9 Å². The topological polar surface area (TPSA) is 90.3 Å². The Morgan fingerprint density at radius 2 is 1.83 bits per heavy atom. The van der Waals surface area contributed by atoms with Gasteiger partial charge in [-0.05, 0) is 30.3 Å². The molecule has 4 aromatic rings. The summed E-state index contributed by atoms with van der Waals surface area (Å²) in [4.78, 5) is 43.7. The van der Waals surface area contributed by atoms with Gasteiger partial charge in [0, 0.05) is 26.0 Å². The fourth-order valence-corrected chi connectivity index (χ4v) is 3.18. The van der Waals surface area contributed by atoms with Crippen LogP contribution in [-0.2, 0) is 20.6 Å². The molecule has 8 heteroatoms. The van der Waals surface area contributed by atoms with E-state index in [9.17, 15) is 14.4 Å². The van der Waals surface area contributed by atoms with Crippen LogP contribution < -0.4 is 16.1 Å². The molecule has 0 radical (unpaired) electrons. The van der Waals surface area contributed by atoms with Crippen LogP contribution in [0.5, 0.6) is 0 Å². The van der Waals surface area contributed by atoms with E-state index in [0.29, 0.717) is 11.4 Å². The van der Waals surface area contributed by atoms with E-state index in [0.717, 1.165) is 4.57 Å². The number of nitrogens with zero attached hydrogens (tertiary/aromatic N) is 4. The van der Waals surface area contributed by atoms with Crippen LogP contribution in [0.2, 0.25) is 0 Å². The number of furan rings is 1. The molecule has 0 saturated heterocycles. The molecular weight excluding hydrogens is 372 g/mol. The van der Waals surface area contributed by atoms with Crippen molar-refractivity contribution in [3.05, 3.63) is 93.2 Å². The number of hydrogen-bond acceptors (Lipinski definition) is 5. The largest absolute Gasteiger partial charge is 0.467 e. The summed E-state index contributed by atoms with van der Waals surface area (Å²) in [5.74, 6) is 0.284. The van der Waals surface area contributed by atoms with E-state index in [4.69, 9.17) is 4.42 Å². The number of amides is 1. The second-order valence-electron chi connectivity index (χ2n) is 6.61. The molecular formula is C21H18N4O4. The third kappa shape index (κ3) is 3.25. The summed E-state index contributed by atoms with van der Waals surface area (Å²) in [6.45, 7) is 0.221. The van der Waals surface area contributed by atoms with Gasteiger partial charge in [0.2, 0.25) is 0 Å². The van der Waals surface area contributed by atoms with E-state index in [-0.39, 0.29) is 29.0 Å². The molecule has 0 aliphatic carbocycles. The van der Waals surface area contributed by atoms with Gasteiger partial charge in [0.05, 0.1) is 23.8 Å². The van der Waals surface area contributed by atoms with Crippen molar-refractivity contribution in [2.45, 2.75) is 6.54 Å². The number of aryl methyl sites for hydroxylation is 1. The standard InChI is InChI=1S/C21H18N4O4/c1-23-18-17(20(27)24(2)21(23)28)11-14(12-22-18)19(26)25(13-16-9-6-10-29-16)15-7-4-3-5-8-15/h3-12H,13H2,1-2H3. The summed E-state index contributed by atoms with van der Waals surface area (Å²) in [7, 11) is 2.93. The highest BCUT2D eigenvalue weighted by Crippen LogP contribution is 2.21. The van der Waals surface area contributed by atoms with Crippen molar-refractivity contribution in [2.24, 2.45) is 14.1 Å². The molecule has 1 amide bonds. The molecule has 8 nitrogen and oxygen atoms in total. The Morgan fingerprint density at radius 1 is 1.07 bits per heavy atom. The van der Waals surface area contributed by atoms with Crippen molar-refractivity contribution in [3.63, 3.8) is 0 Å². The molecule has 0 unspecified atom stereocenters. The van der Waals surface area contributed by atoms with Crippen LogP contribution in [0.4, 0.5) is 5.69 Å². The van der Waals surface area contributed by atoms with Crippen molar-refractivity contribution in [3.8, 4) is 0 Å². The molecule has 0 N–H and O–H groups in total. The van der Waals surface area contributed by atoms with Crippen LogP contribution in [0.3, 0.4) is 0 Å². The third-order valence-corrected chi connectivity index (χ3v) is 4.75. The molecule has 1 aromatic carbocycles. The normalized spacial score (nSPS) is 11.0. The minimum atomic E-state index is -0.498. The second kappa shape index (κ2) is 7.23. The average molecular weight is 390 g/mol. The molecule has 29 heavy (non-hydrogen) atoms. The van der Waals surface area contributed by atoms with Gasteiger partial charge in [-0.25, -0.2) is 9.78 Å². The van der Waals surface area contributed by atoms with Crippen molar-refractivity contribution in [2.75, 3.05) is 4.90 Å². The Bertz CT molecular complexity index is 1300. The van der Waals surface area contributed by atoms with Gasteiger partial charge >= 0.3 is 5.69 Å². The van der Waals surface area contributed by atoms with Gasteiger partial charge in [-0.15, -0.1) is 0 Å². The lowest BCUT2D eigenvalue weighted by molar-refractivity contribution is 0.0983. The van der Waals surface area contributed by atoms with E-state index in [1.54, 1.807) is 23.3 Å². The number of rotatable bonds is 4. The number of anilines is 1. The SMILES string of the molecule is Cn1c(=O)c2cc(C(=O)N(Cc3ccco3)c3ccccc3)cnc2n(C)c1=O. The zero-order chi connectivity index (χ0) is 20.5. The third-order valence-electron chi connectivity index (χ3n) is 4.75. The monoisotopic (exact) mass is 390 g/mol. The van der Waals surface area contributed by atoms with Crippen molar-refractivity contribution in [1.82, 2.24) is 14.1 Å². The Labute approximate surface area is 165 Å². The van der Waals surface area contributed by atoms with Crippen molar-refractivity contribution >= 4 is 22.6 Å². The van der Waals surface area contributed by atoms with Gasteiger partial charge in [-0.1, -0.05) is 18.2 Å². The predicted octanol–water partition coefficient (Wildman–Crippen LogP) is 2.07. The smallest absolute Gasteiger partial charge is 0.332 e. The van der Waals surface area contributed by atoms with Gasteiger partial charge in [0.15, 0.2) is 0 Å². The Balaban J connectivity index is 1.83. The Kier molecular flexibility index (Phi) is 4.59. The highest BCUT2D eigenvalue weighted by atomic mass is 16.3. The molecule has 0 fully saturated rings. The molecule has 0 atom stereocenters. The first kappa shape index (κ1) is 18.4. The molecule has 0 aliphatic rings. The van der Waals surface area contributed by atoms with Crippen LogP contribution in [0.25, 0.3) is 11.0 Å². The number of benzene rings is 1. The minimum absolute atomic E-state index is 0.200. The zero-order valence-electron chi connectivity index (χ0n) is 15.9. The number of carbonyl (C=O) groups excluding carboxylic acids is 1. The van der Waals surface area contributed by atoms with Crippen LogP contribution >= 0.6 is 0 Å². The van der Waals surface area contributed by atoms with Crippen LogP contribution in [0.15, 0.2) is 75.0 Å². The fourth-order valence-electron chi connectivity index (χ4n) is 3.18. The number of hydrogen-bond donors (Lipinski definition) is 0. The van der Waals surface area contributed by atoms with E-state index >= 15 is 0 Å². The molecule has 3 aromatic heterocycles. The number of aromatic nitrogens is 3. The molecule has 3 heterocycles. The first-order chi connectivity index (χ1) is 14.0. The lowest BCUT2D eigenvalue weighted by atomic mass is 10.1. The Hall–Kier alpha value is -3.94. The quantitative estimate of drug-likeness (QED) is 0.532. The average Bonchev–Trinajstić information content (AvgIpc) is 3.27. The molecule has 146 valence electrons. The number of fused-ring (bicyclic) bond motifs is 1. The molecule has 0 saturated carbocycles. The number of carbonyl (C=O) groups is 1. The van der Waals surface area contributed by atoms with E-state index < -0.39 is 11.2 Å². The number of pyridine rings is 1. The lowest BCUT2D eigenvalue weighted by Gasteiger charge is -2.22. The first-order valence-corrected chi connectivity index (χ1v) is 8.92. The first-order valence-electron chi connectivity index (χ1n) is 8.92. The summed E-state index contributed by atoms with van der Waals surface area (Å²) in [6.07, 6.45) is 2.92. The van der Waals surface area contributed by atoms with Gasteiger partial charge in [-0.3, -0.25) is 18.7 Å². The van der Waals surface area contributed by atoms with Crippen molar-refractivity contribution in [1.29, 1.82) is 0 Å². The van der Waals surface area contributed by atoms with E-state index in [2.05, 4.69) is 4.98 Å². The molecule has 4 rings (SSSR count). The maximum atomic E-state index is 13.3. The fraction of sp³-hybridized carbons (Fsp3) is 0.143. The van der Waals surface area contributed by atoms with Gasteiger partial charge in [0.1, 0.15) is 11.4 Å². The summed E-state index contributed by atoms with van der Waals surface area (Å²) in [5.41, 5.74) is 0.179. The Morgan fingerprint density at radius 3 is 2.52 bits per heavy atom. The molecule has 0 aliphatic heterocycles.